The van der Waals surface area contributed by atoms with Gasteiger partial charge in [0.2, 0.25) is 0 Å². The highest BCUT2D eigenvalue weighted by Crippen LogP contribution is 2.35. The molecule has 33 heavy (non-hydrogen) atoms. The van der Waals surface area contributed by atoms with Gasteiger partial charge in [0, 0.05) is 45.9 Å². The number of hydrogen-bond donors (Lipinski definition) is 4. The van der Waals surface area contributed by atoms with E-state index < -0.39 is 5.82 Å². The molecule has 4 N–H and O–H groups in total. The van der Waals surface area contributed by atoms with Crippen LogP contribution in [0.4, 0.5) is 4.39 Å². The Balaban J connectivity index is 1.51. The molecule has 0 radical (unpaired) electrons. The average molecular weight is 438 g/mol. The number of aromatic amines is 2. The highest BCUT2D eigenvalue weighted by Gasteiger charge is 2.16. The Labute approximate surface area is 185 Å². The normalized spacial score (nSPS) is 11.4. The van der Waals surface area contributed by atoms with Gasteiger partial charge in [0.05, 0.1) is 35.0 Å². The van der Waals surface area contributed by atoms with Gasteiger partial charge in [-0.3, -0.25) is 20.1 Å². The van der Waals surface area contributed by atoms with E-state index in [1.54, 1.807) is 24.7 Å². The summed E-state index contributed by atoms with van der Waals surface area (Å²) in [6.45, 7) is 0. The molecule has 0 aliphatic rings. The number of H-pyrrole nitrogens is 2. The third-order valence-corrected chi connectivity index (χ3v) is 5.43. The maximum atomic E-state index is 13.9. The summed E-state index contributed by atoms with van der Waals surface area (Å²) in [4.78, 5) is 16.2. The summed E-state index contributed by atoms with van der Waals surface area (Å²) in [5.74, 6) is -0.653. The zero-order valence-electron chi connectivity index (χ0n) is 16.9. The van der Waals surface area contributed by atoms with Crippen molar-refractivity contribution in [2.45, 2.75) is 0 Å². The maximum Gasteiger partial charge on any atom is 0.134 e. The molecule has 0 aliphatic carbocycles. The zero-order valence-corrected chi connectivity index (χ0v) is 16.9. The van der Waals surface area contributed by atoms with Crippen molar-refractivity contribution >= 4 is 21.8 Å². The molecule has 6 rings (SSSR count). The number of aromatic hydroxyl groups is 2. The fourth-order valence-electron chi connectivity index (χ4n) is 3.97. The van der Waals surface area contributed by atoms with Crippen molar-refractivity contribution in [2.75, 3.05) is 0 Å². The van der Waals surface area contributed by atoms with Gasteiger partial charge in [-0.1, -0.05) is 0 Å². The highest BCUT2D eigenvalue weighted by atomic mass is 19.1. The zero-order chi connectivity index (χ0) is 22.5. The minimum absolute atomic E-state index is 0.0563. The molecule has 160 valence electrons. The largest absolute Gasteiger partial charge is 0.508 e. The predicted octanol–water partition coefficient (Wildman–Crippen LogP) is 4.78. The fraction of sp³-hybridized carbons (Fsp3) is 0. The Kier molecular flexibility index (Phi) is 4.09. The van der Waals surface area contributed by atoms with Gasteiger partial charge in [-0.05, 0) is 36.4 Å². The van der Waals surface area contributed by atoms with Crippen molar-refractivity contribution < 1.29 is 14.6 Å². The predicted molar refractivity (Wildman–Crippen MR) is 121 cm³/mol. The lowest BCUT2D eigenvalue weighted by Crippen LogP contribution is -1.85. The maximum absolute atomic E-state index is 13.9. The van der Waals surface area contributed by atoms with Crippen molar-refractivity contribution in [3.8, 4) is 45.4 Å². The molecule has 1 aromatic carbocycles. The van der Waals surface area contributed by atoms with Gasteiger partial charge in [0.25, 0.3) is 0 Å². The number of fused-ring (bicyclic) bond motifs is 2. The van der Waals surface area contributed by atoms with Crippen LogP contribution in [-0.4, -0.2) is 40.3 Å². The second-order valence-corrected chi connectivity index (χ2v) is 7.62. The van der Waals surface area contributed by atoms with Crippen LogP contribution in [0.2, 0.25) is 0 Å². The molecule has 0 amide bonds. The van der Waals surface area contributed by atoms with Crippen molar-refractivity contribution in [3.05, 3.63) is 73.1 Å². The number of nitrogens with one attached hydrogen (secondary N) is 2. The fourth-order valence-corrected chi connectivity index (χ4v) is 3.97. The van der Waals surface area contributed by atoms with Crippen LogP contribution in [-0.2, 0) is 0 Å². The topological polar surface area (TPSA) is 124 Å². The molecular formula is C24H15FN6O2. The smallest absolute Gasteiger partial charge is 0.134 e. The second kappa shape index (κ2) is 7.13. The van der Waals surface area contributed by atoms with Crippen molar-refractivity contribution in [1.29, 1.82) is 0 Å². The number of hydrogen-bond acceptors (Lipinski definition) is 6. The van der Waals surface area contributed by atoms with Crippen LogP contribution in [0.3, 0.4) is 0 Å². The SMILES string of the molecule is Oc1cncc(-c2cc3c(-c4cc5c(-c6cc(O)cc(F)c6)nccc5[nH]4)n[nH]c3cn2)c1. The average Bonchev–Trinajstić information content (AvgIpc) is 3.41. The van der Waals surface area contributed by atoms with Gasteiger partial charge in [0.1, 0.15) is 23.0 Å². The first-order valence-corrected chi connectivity index (χ1v) is 10.0. The molecule has 0 saturated heterocycles. The number of phenols is 1. The summed E-state index contributed by atoms with van der Waals surface area (Å²) in [6, 6.07) is 11.0. The van der Waals surface area contributed by atoms with E-state index in [1.165, 1.54) is 18.3 Å². The lowest BCUT2D eigenvalue weighted by molar-refractivity contribution is 0.469. The summed E-state index contributed by atoms with van der Waals surface area (Å²) in [7, 11) is 0. The molecule has 5 heterocycles. The van der Waals surface area contributed by atoms with E-state index >= 15 is 0 Å². The molecule has 0 atom stereocenters. The summed E-state index contributed by atoms with van der Waals surface area (Å²) in [5, 5.41) is 28.6. The Bertz CT molecular complexity index is 1650. The summed E-state index contributed by atoms with van der Waals surface area (Å²) >= 11 is 0. The number of rotatable bonds is 3. The first-order valence-electron chi connectivity index (χ1n) is 10.0. The van der Waals surface area contributed by atoms with Crippen molar-refractivity contribution in [3.63, 3.8) is 0 Å². The molecule has 0 spiro atoms. The molecule has 0 aliphatic heterocycles. The summed E-state index contributed by atoms with van der Waals surface area (Å²) in [5.41, 5.74) is 5.27. The quantitative estimate of drug-likeness (QED) is 0.315. The number of benzene rings is 1. The van der Waals surface area contributed by atoms with Gasteiger partial charge >= 0.3 is 0 Å². The molecule has 6 aromatic rings. The van der Waals surface area contributed by atoms with E-state index in [0.717, 1.165) is 33.6 Å². The minimum atomic E-state index is -0.542. The van der Waals surface area contributed by atoms with Gasteiger partial charge < -0.3 is 15.2 Å². The molecule has 0 bridgehead atoms. The van der Waals surface area contributed by atoms with Gasteiger partial charge in [0.15, 0.2) is 0 Å². The minimum Gasteiger partial charge on any atom is -0.508 e. The van der Waals surface area contributed by atoms with Crippen LogP contribution in [0.25, 0.3) is 55.7 Å². The molecule has 0 fully saturated rings. The molecule has 9 heteroatoms. The van der Waals surface area contributed by atoms with Crippen LogP contribution >= 0.6 is 0 Å². The number of nitrogens with zero attached hydrogens (tertiary/aromatic N) is 4. The van der Waals surface area contributed by atoms with Crippen LogP contribution in [0.15, 0.2) is 67.3 Å². The highest BCUT2D eigenvalue weighted by molar-refractivity contribution is 6.00. The van der Waals surface area contributed by atoms with E-state index in [2.05, 4.69) is 30.1 Å². The van der Waals surface area contributed by atoms with Crippen LogP contribution in [0.1, 0.15) is 0 Å². The van der Waals surface area contributed by atoms with Gasteiger partial charge in [-0.25, -0.2) is 4.39 Å². The van der Waals surface area contributed by atoms with Crippen LogP contribution < -0.4 is 0 Å². The third kappa shape index (κ3) is 3.23. The Hall–Kier alpha value is -4.79. The Morgan fingerprint density at radius 1 is 0.758 bits per heavy atom. The summed E-state index contributed by atoms with van der Waals surface area (Å²) < 4.78 is 13.9. The number of phenolic OH excluding ortho intramolecular Hbond substituents is 1. The lowest BCUT2D eigenvalue weighted by Gasteiger charge is -2.03. The van der Waals surface area contributed by atoms with E-state index in [4.69, 9.17) is 0 Å². The Morgan fingerprint density at radius 3 is 2.45 bits per heavy atom. The van der Waals surface area contributed by atoms with E-state index in [0.29, 0.717) is 28.2 Å². The van der Waals surface area contributed by atoms with Crippen LogP contribution in [0, 0.1) is 5.82 Å². The number of halogens is 1. The second-order valence-electron chi connectivity index (χ2n) is 7.62. The molecule has 5 aromatic heterocycles. The lowest BCUT2D eigenvalue weighted by atomic mass is 10.1. The van der Waals surface area contributed by atoms with Crippen molar-refractivity contribution in [1.82, 2.24) is 30.1 Å². The summed E-state index contributed by atoms with van der Waals surface area (Å²) in [6.07, 6.45) is 6.29. The van der Waals surface area contributed by atoms with E-state index in [9.17, 15) is 14.6 Å². The van der Waals surface area contributed by atoms with E-state index in [1.807, 2.05) is 18.2 Å². The first-order chi connectivity index (χ1) is 16.0. The van der Waals surface area contributed by atoms with E-state index in [-0.39, 0.29) is 11.5 Å². The van der Waals surface area contributed by atoms with Crippen molar-refractivity contribution in [2.24, 2.45) is 0 Å². The van der Waals surface area contributed by atoms with Gasteiger partial charge in [-0.2, -0.15) is 5.10 Å². The molecule has 8 nitrogen and oxygen atoms in total. The molecular weight excluding hydrogens is 423 g/mol. The molecule has 0 unspecified atom stereocenters. The number of pyridine rings is 3. The monoisotopic (exact) mass is 438 g/mol. The molecule has 0 saturated carbocycles. The first kappa shape index (κ1) is 18.9. The number of aromatic nitrogens is 6. The Morgan fingerprint density at radius 2 is 1.61 bits per heavy atom. The standard InChI is InChI=1S/C24H15FN6O2/c25-14-3-12(4-15(32)6-14)23-17-8-21(29-19(17)1-2-27-23)24-18-7-20(28-11-22(18)30-31-24)13-5-16(33)10-26-9-13/h1-11,29,32-33H,(H,30,31). The van der Waals surface area contributed by atoms with Crippen LogP contribution in [0.5, 0.6) is 11.5 Å². The van der Waals surface area contributed by atoms with Gasteiger partial charge in [-0.15, -0.1) is 0 Å². The third-order valence-electron chi connectivity index (χ3n) is 5.43.